The van der Waals surface area contributed by atoms with Crippen LogP contribution in [0.2, 0.25) is 0 Å². The number of halogens is 3. The van der Waals surface area contributed by atoms with Crippen LogP contribution < -0.4 is 20.5 Å². The molecule has 0 saturated carbocycles. The van der Waals surface area contributed by atoms with Crippen molar-refractivity contribution in [3.63, 3.8) is 0 Å². The molecule has 1 heterocycles. The quantitative estimate of drug-likeness (QED) is 0.903. The minimum absolute atomic E-state index is 0.0866. The van der Waals surface area contributed by atoms with Crippen LogP contribution >= 0.6 is 0 Å². The molecule has 0 unspecified atom stereocenters. The molecule has 1 aliphatic heterocycles. The van der Waals surface area contributed by atoms with Crippen LogP contribution in [0.4, 0.5) is 13.2 Å². The van der Waals surface area contributed by atoms with Crippen molar-refractivity contribution in [2.75, 3.05) is 13.7 Å². The zero-order chi connectivity index (χ0) is 13.9. The van der Waals surface area contributed by atoms with Gasteiger partial charge in [-0.3, -0.25) is 0 Å². The van der Waals surface area contributed by atoms with Crippen molar-refractivity contribution in [3.05, 3.63) is 28.6 Å². The van der Waals surface area contributed by atoms with Gasteiger partial charge in [-0.25, -0.2) is 0 Å². The van der Waals surface area contributed by atoms with Crippen molar-refractivity contribution in [2.45, 2.75) is 25.4 Å². The van der Waals surface area contributed by atoms with E-state index in [1.54, 1.807) is 7.11 Å². The predicted octanol–water partition coefficient (Wildman–Crippen LogP) is 1.92. The van der Waals surface area contributed by atoms with Crippen LogP contribution in [0.1, 0.15) is 19.3 Å². The highest BCUT2D eigenvalue weighted by molar-refractivity contribution is 5.53. The van der Waals surface area contributed by atoms with Crippen molar-refractivity contribution < 1.29 is 17.9 Å². The molecule has 1 aliphatic rings. The second-order valence-corrected chi connectivity index (χ2v) is 4.46. The van der Waals surface area contributed by atoms with Gasteiger partial charge in [0, 0.05) is 23.9 Å². The summed E-state index contributed by atoms with van der Waals surface area (Å²) in [6, 6.07) is 5.65. The number of ether oxygens (including phenoxy) is 1. The molecule has 1 aromatic rings. The Kier molecular flexibility index (Phi) is 4.02. The number of rotatable bonds is 4. The number of alkyl halides is 3. The summed E-state index contributed by atoms with van der Waals surface area (Å²) in [4.78, 5) is 0. The van der Waals surface area contributed by atoms with Gasteiger partial charge < -0.3 is 10.1 Å². The van der Waals surface area contributed by atoms with Gasteiger partial charge in [-0.1, -0.05) is 18.2 Å². The van der Waals surface area contributed by atoms with Gasteiger partial charge in [0.05, 0.1) is 7.11 Å². The first-order valence-corrected chi connectivity index (χ1v) is 6.18. The topological polar surface area (TPSA) is 21.3 Å². The summed E-state index contributed by atoms with van der Waals surface area (Å²) in [6.07, 6.45) is -2.38. The lowest BCUT2D eigenvalue weighted by molar-refractivity contribution is -0.135. The third-order valence-corrected chi connectivity index (χ3v) is 3.10. The van der Waals surface area contributed by atoms with Crippen LogP contribution in [0.15, 0.2) is 18.2 Å². The highest BCUT2D eigenvalue weighted by Crippen LogP contribution is 2.23. The summed E-state index contributed by atoms with van der Waals surface area (Å²) in [5, 5.41) is 5.05. The Bertz CT molecular complexity index is 563. The zero-order valence-corrected chi connectivity index (χ0v) is 10.7. The lowest BCUT2D eigenvalue weighted by Crippen LogP contribution is -2.38. The summed E-state index contributed by atoms with van der Waals surface area (Å²) in [7, 11) is 1.57. The number of hydrogen-bond acceptors (Lipinski definition) is 2. The van der Waals surface area contributed by atoms with E-state index in [1.807, 2.05) is 24.3 Å². The van der Waals surface area contributed by atoms with Crippen LogP contribution in [-0.2, 0) is 0 Å². The highest BCUT2D eigenvalue weighted by atomic mass is 19.4. The van der Waals surface area contributed by atoms with Gasteiger partial charge in [0.25, 0.3) is 0 Å². The van der Waals surface area contributed by atoms with Gasteiger partial charge >= 0.3 is 6.18 Å². The monoisotopic (exact) mass is 271 g/mol. The van der Waals surface area contributed by atoms with Gasteiger partial charge in [-0.2, -0.15) is 13.2 Å². The fraction of sp³-hybridized carbons (Fsp3) is 0.429. The first-order valence-electron chi connectivity index (χ1n) is 6.18. The molecule has 2 rings (SSSR count). The summed E-state index contributed by atoms with van der Waals surface area (Å²) in [5.41, 5.74) is 0.833. The van der Waals surface area contributed by atoms with Crippen molar-refractivity contribution in [3.8, 4) is 5.75 Å². The van der Waals surface area contributed by atoms with Crippen LogP contribution in [0.3, 0.4) is 0 Å². The van der Waals surface area contributed by atoms with Crippen molar-refractivity contribution >= 4 is 11.8 Å². The number of fused-ring (bicyclic) bond motifs is 1. The molecular formula is C14H16F3NO. The lowest BCUT2D eigenvalue weighted by Gasteiger charge is -2.16. The number of benzene rings is 1. The number of methoxy groups -OCH3 is 1. The Morgan fingerprint density at radius 2 is 2.11 bits per heavy atom. The predicted molar refractivity (Wildman–Crippen MR) is 68.0 cm³/mol. The van der Waals surface area contributed by atoms with Crippen LogP contribution in [-0.4, -0.2) is 19.8 Å². The third kappa shape index (κ3) is 3.43. The average molecular weight is 271 g/mol. The largest absolute Gasteiger partial charge is 0.496 e. The molecule has 0 aliphatic carbocycles. The number of nitrogens with one attached hydrogen (secondary N) is 1. The van der Waals surface area contributed by atoms with E-state index in [0.717, 1.165) is 16.1 Å². The Balaban J connectivity index is 2.29. The molecule has 0 aromatic heterocycles. The number of hydrogen-bond donors (Lipinski definition) is 1. The smallest absolute Gasteiger partial charge is 0.389 e. The van der Waals surface area contributed by atoms with Gasteiger partial charge in [0.15, 0.2) is 0 Å². The van der Waals surface area contributed by atoms with Crippen LogP contribution in [0.5, 0.6) is 5.75 Å². The van der Waals surface area contributed by atoms with Gasteiger partial charge in [0.2, 0.25) is 0 Å². The van der Waals surface area contributed by atoms with E-state index in [9.17, 15) is 13.2 Å². The molecule has 0 saturated heterocycles. The van der Waals surface area contributed by atoms with E-state index in [1.165, 1.54) is 0 Å². The first kappa shape index (κ1) is 13.8. The van der Waals surface area contributed by atoms with Crippen molar-refractivity contribution in [1.82, 2.24) is 5.32 Å². The van der Waals surface area contributed by atoms with E-state index in [0.29, 0.717) is 18.7 Å². The molecule has 0 radical (unpaired) electrons. The average Bonchev–Trinajstić information content (AvgIpc) is 2.36. The molecule has 0 fully saturated rings. The van der Waals surface area contributed by atoms with Crippen LogP contribution in [0, 0.1) is 0 Å². The fourth-order valence-corrected chi connectivity index (χ4v) is 2.26. The molecule has 0 spiro atoms. The second kappa shape index (κ2) is 5.55. The van der Waals surface area contributed by atoms with Crippen LogP contribution in [0.25, 0.3) is 11.8 Å². The first-order chi connectivity index (χ1) is 9.01. The van der Waals surface area contributed by atoms with E-state index < -0.39 is 12.6 Å². The van der Waals surface area contributed by atoms with Crippen molar-refractivity contribution in [1.29, 1.82) is 0 Å². The fourth-order valence-electron chi connectivity index (χ4n) is 2.26. The summed E-state index contributed by atoms with van der Waals surface area (Å²) in [5.74, 6) is 0.697. The molecule has 2 nitrogen and oxygen atoms in total. The Morgan fingerprint density at radius 3 is 2.79 bits per heavy atom. The normalized spacial score (nSPS) is 14.4. The summed E-state index contributed by atoms with van der Waals surface area (Å²) in [6.45, 7) is 0.640. The molecule has 0 amide bonds. The standard InChI is InChI=1S/C14H16F3NO/c1-19-12-6-2-4-10-7-9-18-11(13(10)12)5-3-8-14(15,16)17/h2,4,6-7,18H,3,5,8-9H2,1H3. The van der Waals surface area contributed by atoms with E-state index >= 15 is 0 Å². The summed E-state index contributed by atoms with van der Waals surface area (Å²) >= 11 is 0. The maximum atomic E-state index is 12.2. The van der Waals surface area contributed by atoms with Gasteiger partial charge in [0.1, 0.15) is 5.75 Å². The third-order valence-electron chi connectivity index (χ3n) is 3.10. The second-order valence-electron chi connectivity index (χ2n) is 4.46. The van der Waals surface area contributed by atoms with E-state index in [4.69, 9.17) is 4.74 Å². The maximum Gasteiger partial charge on any atom is 0.389 e. The molecule has 1 N–H and O–H groups in total. The maximum absolute atomic E-state index is 12.2. The van der Waals surface area contributed by atoms with Crippen molar-refractivity contribution in [2.24, 2.45) is 0 Å². The highest BCUT2D eigenvalue weighted by Gasteiger charge is 2.26. The SMILES string of the molecule is COc1cccc2c1=C(CCCC(F)(F)F)NCC=2. The zero-order valence-electron chi connectivity index (χ0n) is 10.7. The molecule has 0 bridgehead atoms. The van der Waals surface area contributed by atoms with E-state index in [-0.39, 0.29) is 6.42 Å². The Hall–Kier alpha value is -1.65. The van der Waals surface area contributed by atoms with Gasteiger partial charge in [-0.05, 0) is 24.1 Å². The Morgan fingerprint density at radius 1 is 1.32 bits per heavy atom. The van der Waals surface area contributed by atoms with E-state index in [2.05, 4.69) is 5.32 Å². The molecule has 104 valence electrons. The molecule has 5 heteroatoms. The summed E-state index contributed by atoms with van der Waals surface area (Å²) < 4.78 is 41.9. The molecule has 19 heavy (non-hydrogen) atoms. The Labute approximate surface area is 109 Å². The minimum atomic E-state index is -4.09. The molecule has 1 aromatic carbocycles. The molecule has 0 atom stereocenters. The molecular weight excluding hydrogens is 255 g/mol. The minimum Gasteiger partial charge on any atom is -0.496 e. The van der Waals surface area contributed by atoms with Gasteiger partial charge in [-0.15, -0.1) is 0 Å². The lowest BCUT2D eigenvalue weighted by atomic mass is 10.1.